The summed E-state index contributed by atoms with van der Waals surface area (Å²) in [4.78, 5) is 17.9. The summed E-state index contributed by atoms with van der Waals surface area (Å²) in [6, 6.07) is 13.7. The Labute approximate surface area is 214 Å². The summed E-state index contributed by atoms with van der Waals surface area (Å²) < 4.78 is 21.0. The van der Waals surface area contributed by atoms with Gasteiger partial charge in [-0.15, -0.1) is 0 Å². The van der Waals surface area contributed by atoms with Crippen LogP contribution in [0.2, 0.25) is 0 Å². The molecule has 6 heteroatoms. The number of pyridine rings is 1. The van der Waals surface area contributed by atoms with Crippen molar-refractivity contribution in [2.75, 3.05) is 5.32 Å². The zero-order valence-corrected chi connectivity index (χ0v) is 20.9. The number of aromatic nitrogens is 1. The zero-order chi connectivity index (χ0) is 26.3. The number of anilines is 1. The van der Waals surface area contributed by atoms with Gasteiger partial charge in [0.2, 0.25) is 0 Å². The van der Waals surface area contributed by atoms with Crippen LogP contribution in [0.15, 0.2) is 94.3 Å². The summed E-state index contributed by atoms with van der Waals surface area (Å²) in [5.41, 5.74) is 5.72. The summed E-state index contributed by atoms with van der Waals surface area (Å²) >= 11 is 0. The van der Waals surface area contributed by atoms with Crippen molar-refractivity contribution in [2.45, 2.75) is 26.8 Å². The molecule has 0 bridgehead atoms. The van der Waals surface area contributed by atoms with Crippen molar-refractivity contribution in [1.29, 1.82) is 5.41 Å². The smallest absolute Gasteiger partial charge is 0.196 e. The maximum absolute atomic E-state index is 14.6. The Balaban J connectivity index is 1.63. The number of allylic oxidation sites excluding steroid dienone is 5. The van der Waals surface area contributed by atoms with E-state index in [1.165, 1.54) is 6.07 Å². The largest absolute Gasteiger partial charge is 0.455 e. The van der Waals surface area contributed by atoms with Gasteiger partial charge in [0.1, 0.15) is 17.2 Å². The molecule has 0 saturated carbocycles. The molecule has 184 valence electrons. The number of rotatable bonds is 5. The van der Waals surface area contributed by atoms with Gasteiger partial charge in [-0.25, -0.2) is 4.39 Å². The number of fused-ring (bicyclic) bond motifs is 1. The van der Waals surface area contributed by atoms with E-state index in [9.17, 15) is 9.18 Å². The predicted octanol–water partition coefficient (Wildman–Crippen LogP) is 7.31. The summed E-state index contributed by atoms with van der Waals surface area (Å²) in [6.45, 7) is 9.57. The normalized spacial score (nSPS) is 14.1. The van der Waals surface area contributed by atoms with Gasteiger partial charge in [-0.1, -0.05) is 24.8 Å². The number of hydrogen-bond donors (Lipinski definition) is 2. The van der Waals surface area contributed by atoms with E-state index in [2.05, 4.69) is 16.9 Å². The van der Waals surface area contributed by atoms with E-state index in [4.69, 9.17) is 9.83 Å². The van der Waals surface area contributed by atoms with Gasteiger partial charge in [-0.2, -0.15) is 0 Å². The molecule has 5 rings (SSSR count). The SMILES string of the molecule is C=C1C=C(c2oc3c(C(C)Nc4cccnc4-c4ccccc4F)cc(C)cc3c(=O)c2C)C=CC1=N. The third kappa shape index (κ3) is 4.42. The van der Waals surface area contributed by atoms with E-state index in [1.807, 2.05) is 32.0 Å². The van der Waals surface area contributed by atoms with E-state index < -0.39 is 0 Å². The van der Waals surface area contributed by atoms with Crippen molar-refractivity contribution in [3.63, 3.8) is 0 Å². The monoisotopic (exact) mass is 491 g/mol. The molecular formula is C31H26FN3O2. The first-order chi connectivity index (χ1) is 17.7. The van der Waals surface area contributed by atoms with Crippen molar-refractivity contribution < 1.29 is 8.81 Å². The van der Waals surface area contributed by atoms with Crippen LogP contribution in [-0.2, 0) is 0 Å². The third-order valence-corrected chi connectivity index (χ3v) is 6.53. The molecule has 0 saturated heterocycles. The third-order valence-electron chi connectivity index (χ3n) is 6.53. The second kappa shape index (κ2) is 9.47. The maximum atomic E-state index is 14.6. The fourth-order valence-corrected chi connectivity index (χ4v) is 4.60. The topological polar surface area (TPSA) is 79.0 Å². The molecule has 5 nitrogen and oxygen atoms in total. The first-order valence-corrected chi connectivity index (χ1v) is 12.0. The molecule has 0 aliphatic heterocycles. The van der Waals surface area contributed by atoms with Gasteiger partial charge in [0.05, 0.1) is 28.5 Å². The number of nitrogens with one attached hydrogen (secondary N) is 2. The van der Waals surface area contributed by atoms with Crippen LogP contribution in [0.4, 0.5) is 10.1 Å². The molecule has 1 unspecified atom stereocenters. The number of aryl methyl sites for hydroxylation is 1. The van der Waals surface area contributed by atoms with E-state index in [0.717, 1.165) is 11.1 Å². The Hall–Kier alpha value is -4.58. The predicted molar refractivity (Wildman–Crippen MR) is 148 cm³/mol. The lowest BCUT2D eigenvalue weighted by Crippen LogP contribution is -2.14. The molecule has 0 fully saturated rings. The number of benzene rings is 2. The van der Waals surface area contributed by atoms with Gasteiger partial charge >= 0.3 is 0 Å². The van der Waals surface area contributed by atoms with Gasteiger partial charge in [0, 0.05) is 28.5 Å². The van der Waals surface area contributed by atoms with Crippen LogP contribution >= 0.6 is 0 Å². The standard InChI is InChI=1S/C31H26FN3O2/c1-17-14-23(20(4)35-27-10-7-13-34-28(27)22-8-5-6-9-25(22)32)31-24(15-17)29(36)19(3)30(37-31)21-11-12-26(33)18(2)16-21/h5-16,20,33,35H,2H2,1,3-4H3. The minimum Gasteiger partial charge on any atom is -0.455 e. The average Bonchev–Trinajstić information content (AvgIpc) is 2.88. The number of hydrogen-bond acceptors (Lipinski definition) is 5. The highest BCUT2D eigenvalue weighted by molar-refractivity contribution is 6.12. The molecule has 0 radical (unpaired) electrons. The number of halogens is 1. The van der Waals surface area contributed by atoms with Crippen LogP contribution in [0.3, 0.4) is 0 Å². The van der Waals surface area contributed by atoms with Crippen molar-refractivity contribution >= 4 is 27.9 Å². The zero-order valence-electron chi connectivity index (χ0n) is 20.9. The highest BCUT2D eigenvalue weighted by Crippen LogP contribution is 2.34. The van der Waals surface area contributed by atoms with Crippen LogP contribution in [0.25, 0.3) is 27.8 Å². The van der Waals surface area contributed by atoms with E-state index in [1.54, 1.807) is 55.6 Å². The highest BCUT2D eigenvalue weighted by Gasteiger charge is 2.21. The minimum atomic E-state index is -0.354. The Morgan fingerprint density at radius 1 is 1.11 bits per heavy atom. The summed E-state index contributed by atoms with van der Waals surface area (Å²) in [7, 11) is 0. The van der Waals surface area contributed by atoms with Crippen LogP contribution in [-0.4, -0.2) is 10.7 Å². The first kappa shape index (κ1) is 24.1. The first-order valence-electron chi connectivity index (χ1n) is 12.0. The lowest BCUT2D eigenvalue weighted by atomic mass is 9.95. The van der Waals surface area contributed by atoms with Crippen LogP contribution in [0.5, 0.6) is 0 Å². The summed E-state index contributed by atoms with van der Waals surface area (Å²) in [5.74, 6) is 0.0978. The van der Waals surface area contributed by atoms with Gasteiger partial charge in [-0.3, -0.25) is 9.78 Å². The van der Waals surface area contributed by atoms with E-state index >= 15 is 0 Å². The van der Waals surface area contributed by atoms with Gasteiger partial charge in [0.15, 0.2) is 5.43 Å². The maximum Gasteiger partial charge on any atom is 0.196 e. The van der Waals surface area contributed by atoms with Gasteiger partial charge < -0.3 is 15.1 Å². The van der Waals surface area contributed by atoms with Crippen molar-refractivity contribution in [3.8, 4) is 11.3 Å². The second-order valence-corrected chi connectivity index (χ2v) is 9.23. The fraction of sp³-hybridized carbons (Fsp3) is 0.129. The summed E-state index contributed by atoms with van der Waals surface area (Å²) in [5, 5.41) is 11.9. The van der Waals surface area contributed by atoms with E-state index in [-0.39, 0.29) is 17.3 Å². The molecule has 4 aromatic rings. The van der Waals surface area contributed by atoms with Crippen LogP contribution in [0.1, 0.15) is 35.4 Å². The molecule has 37 heavy (non-hydrogen) atoms. The molecule has 1 atom stereocenters. The second-order valence-electron chi connectivity index (χ2n) is 9.23. The van der Waals surface area contributed by atoms with E-state index in [0.29, 0.717) is 56.1 Å². The quantitative estimate of drug-likeness (QED) is 0.307. The average molecular weight is 492 g/mol. The molecule has 2 heterocycles. The molecule has 2 N–H and O–H groups in total. The van der Waals surface area contributed by atoms with Crippen molar-refractivity contribution in [1.82, 2.24) is 4.98 Å². The van der Waals surface area contributed by atoms with Gasteiger partial charge in [-0.05, 0) is 80.5 Å². The molecular weight excluding hydrogens is 465 g/mol. The lowest BCUT2D eigenvalue weighted by Gasteiger charge is -2.21. The fourth-order valence-electron chi connectivity index (χ4n) is 4.60. The summed E-state index contributed by atoms with van der Waals surface area (Å²) in [6.07, 6.45) is 6.80. The lowest BCUT2D eigenvalue weighted by molar-refractivity contribution is 0.574. The molecule has 2 aromatic heterocycles. The Morgan fingerprint density at radius 3 is 2.65 bits per heavy atom. The van der Waals surface area contributed by atoms with Gasteiger partial charge in [0.25, 0.3) is 0 Å². The Bertz CT molecular complexity index is 1710. The molecule has 2 aromatic carbocycles. The minimum absolute atomic E-state index is 0.109. The van der Waals surface area contributed by atoms with Crippen LogP contribution < -0.4 is 10.7 Å². The Morgan fingerprint density at radius 2 is 1.89 bits per heavy atom. The van der Waals surface area contributed by atoms with Crippen molar-refractivity contribution in [2.24, 2.45) is 0 Å². The molecule has 0 spiro atoms. The highest BCUT2D eigenvalue weighted by atomic mass is 19.1. The molecule has 1 aliphatic carbocycles. The Kier molecular flexibility index (Phi) is 6.17. The van der Waals surface area contributed by atoms with Crippen LogP contribution in [0, 0.1) is 25.1 Å². The molecule has 0 amide bonds. The molecule has 1 aliphatic rings. The van der Waals surface area contributed by atoms with Crippen molar-refractivity contribution in [3.05, 3.63) is 124 Å². The number of nitrogens with zero attached hydrogens (tertiary/aromatic N) is 1.